The SMILES string of the molecule is O=C(Cc1c(F)cccc1Cl)Nc1ccc(Br)c(Cl)c1. The minimum absolute atomic E-state index is 0.140. The van der Waals surface area contributed by atoms with E-state index >= 15 is 0 Å². The standard InChI is InChI=1S/C14H9BrCl2FNO/c15-10-5-4-8(6-12(10)17)19-14(20)7-9-11(16)2-1-3-13(9)18/h1-6H,7H2,(H,19,20). The minimum atomic E-state index is -0.499. The Kier molecular flexibility index (Phi) is 5.02. The van der Waals surface area contributed by atoms with Gasteiger partial charge in [-0.05, 0) is 46.3 Å². The number of hydrogen-bond acceptors (Lipinski definition) is 1. The Bertz CT molecular complexity index is 643. The lowest BCUT2D eigenvalue weighted by Crippen LogP contribution is -2.15. The zero-order chi connectivity index (χ0) is 14.7. The molecule has 0 bridgehead atoms. The third-order valence-corrected chi connectivity index (χ3v) is 4.19. The largest absolute Gasteiger partial charge is 0.326 e. The number of carbonyl (C=O) groups is 1. The zero-order valence-corrected chi connectivity index (χ0v) is 13.2. The highest BCUT2D eigenvalue weighted by Gasteiger charge is 2.12. The van der Waals surface area contributed by atoms with Crippen LogP contribution >= 0.6 is 39.1 Å². The Morgan fingerprint density at radius 2 is 1.95 bits per heavy atom. The summed E-state index contributed by atoms with van der Waals surface area (Å²) in [6.07, 6.45) is -0.140. The van der Waals surface area contributed by atoms with Crippen molar-refractivity contribution < 1.29 is 9.18 Å². The molecule has 0 aromatic heterocycles. The summed E-state index contributed by atoms with van der Waals surface area (Å²) in [6, 6.07) is 9.32. The lowest BCUT2D eigenvalue weighted by Gasteiger charge is -2.08. The zero-order valence-electron chi connectivity index (χ0n) is 10.1. The second-order valence-electron chi connectivity index (χ2n) is 4.05. The summed E-state index contributed by atoms with van der Waals surface area (Å²) in [5.41, 5.74) is 0.713. The molecular formula is C14H9BrCl2FNO. The fraction of sp³-hybridized carbons (Fsp3) is 0.0714. The van der Waals surface area contributed by atoms with Gasteiger partial charge in [0.05, 0.1) is 11.4 Å². The van der Waals surface area contributed by atoms with E-state index in [9.17, 15) is 9.18 Å². The summed E-state index contributed by atoms with van der Waals surface area (Å²) < 4.78 is 14.3. The average Bonchev–Trinajstić information content (AvgIpc) is 2.38. The van der Waals surface area contributed by atoms with Gasteiger partial charge in [-0.15, -0.1) is 0 Å². The normalized spacial score (nSPS) is 10.4. The molecule has 0 unspecified atom stereocenters. The number of halogens is 4. The molecule has 0 radical (unpaired) electrons. The van der Waals surface area contributed by atoms with Gasteiger partial charge in [-0.2, -0.15) is 0 Å². The second-order valence-corrected chi connectivity index (χ2v) is 5.72. The van der Waals surface area contributed by atoms with Crippen LogP contribution in [0.1, 0.15) is 5.56 Å². The van der Waals surface area contributed by atoms with Gasteiger partial charge < -0.3 is 5.32 Å². The van der Waals surface area contributed by atoms with Gasteiger partial charge in [0.25, 0.3) is 0 Å². The first kappa shape index (κ1) is 15.3. The van der Waals surface area contributed by atoms with E-state index in [2.05, 4.69) is 21.2 Å². The van der Waals surface area contributed by atoms with Crippen LogP contribution in [0.2, 0.25) is 10.0 Å². The summed E-state index contributed by atoms with van der Waals surface area (Å²) >= 11 is 15.1. The van der Waals surface area contributed by atoms with Crippen molar-refractivity contribution in [2.75, 3.05) is 5.32 Å². The molecule has 6 heteroatoms. The van der Waals surface area contributed by atoms with Gasteiger partial charge in [0.1, 0.15) is 5.82 Å². The third-order valence-electron chi connectivity index (χ3n) is 2.60. The maximum atomic E-state index is 13.6. The highest BCUT2D eigenvalue weighted by molar-refractivity contribution is 9.10. The van der Waals surface area contributed by atoms with Crippen molar-refractivity contribution in [3.8, 4) is 0 Å². The fourth-order valence-corrected chi connectivity index (χ4v) is 2.30. The molecule has 0 aliphatic heterocycles. The van der Waals surface area contributed by atoms with Crippen LogP contribution in [-0.2, 0) is 11.2 Å². The number of benzene rings is 2. The topological polar surface area (TPSA) is 29.1 Å². The van der Waals surface area contributed by atoms with Crippen molar-refractivity contribution in [2.24, 2.45) is 0 Å². The van der Waals surface area contributed by atoms with Crippen molar-refractivity contribution in [1.29, 1.82) is 0 Å². The molecule has 0 aliphatic rings. The van der Waals surface area contributed by atoms with Crippen LogP contribution < -0.4 is 5.32 Å². The molecule has 1 amide bonds. The van der Waals surface area contributed by atoms with Crippen LogP contribution in [0, 0.1) is 5.82 Å². The quantitative estimate of drug-likeness (QED) is 0.795. The predicted octanol–water partition coefficient (Wildman–Crippen LogP) is 5.08. The van der Waals surface area contributed by atoms with E-state index in [0.717, 1.165) is 4.47 Å². The predicted molar refractivity (Wildman–Crippen MR) is 82.9 cm³/mol. The molecule has 1 N–H and O–H groups in total. The number of anilines is 1. The average molecular weight is 377 g/mol. The van der Waals surface area contributed by atoms with Crippen LogP contribution in [-0.4, -0.2) is 5.91 Å². The van der Waals surface area contributed by atoms with Gasteiger partial charge in [0.2, 0.25) is 5.91 Å². The summed E-state index contributed by atoms with van der Waals surface area (Å²) in [7, 11) is 0. The molecular weight excluding hydrogens is 368 g/mol. The maximum Gasteiger partial charge on any atom is 0.228 e. The number of nitrogens with one attached hydrogen (secondary N) is 1. The maximum absolute atomic E-state index is 13.6. The molecule has 104 valence electrons. The van der Waals surface area contributed by atoms with E-state index < -0.39 is 5.82 Å². The van der Waals surface area contributed by atoms with Crippen molar-refractivity contribution in [2.45, 2.75) is 6.42 Å². The summed E-state index contributed by atoms with van der Waals surface area (Å²) in [5, 5.41) is 3.35. The first-order valence-electron chi connectivity index (χ1n) is 5.65. The van der Waals surface area contributed by atoms with Crippen LogP contribution in [0.3, 0.4) is 0 Å². The molecule has 2 rings (SSSR count). The highest BCUT2D eigenvalue weighted by atomic mass is 79.9. The summed E-state index contributed by atoms with van der Waals surface area (Å²) in [6.45, 7) is 0. The Labute approximate surface area is 134 Å². The van der Waals surface area contributed by atoms with Gasteiger partial charge in [-0.1, -0.05) is 29.3 Å². The van der Waals surface area contributed by atoms with Gasteiger partial charge in [-0.3, -0.25) is 4.79 Å². The van der Waals surface area contributed by atoms with Gasteiger partial charge >= 0.3 is 0 Å². The first-order valence-corrected chi connectivity index (χ1v) is 7.20. The summed E-state index contributed by atoms with van der Waals surface area (Å²) in [4.78, 5) is 11.9. The molecule has 0 saturated carbocycles. The molecule has 0 fully saturated rings. The van der Waals surface area contributed by atoms with E-state index in [1.54, 1.807) is 24.3 Å². The first-order chi connectivity index (χ1) is 9.47. The molecule has 0 spiro atoms. The number of carbonyl (C=O) groups excluding carboxylic acids is 1. The summed E-state index contributed by atoms with van der Waals surface area (Å²) in [5.74, 6) is -0.864. The molecule has 2 aromatic rings. The van der Waals surface area contributed by atoms with E-state index in [-0.39, 0.29) is 22.9 Å². The molecule has 0 aliphatic carbocycles. The van der Waals surface area contributed by atoms with Crippen LogP contribution in [0.5, 0.6) is 0 Å². The Hall–Kier alpha value is -1.10. The van der Waals surface area contributed by atoms with Crippen LogP contribution in [0.25, 0.3) is 0 Å². The minimum Gasteiger partial charge on any atom is -0.326 e. The van der Waals surface area contributed by atoms with Gasteiger partial charge in [0, 0.05) is 20.7 Å². The van der Waals surface area contributed by atoms with E-state index in [1.807, 2.05) is 0 Å². The lowest BCUT2D eigenvalue weighted by atomic mass is 10.1. The second kappa shape index (κ2) is 6.57. The molecule has 2 nitrogen and oxygen atoms in total. The van der Waals surface area contributed by atoms with Gasteiger partial charge in [-0.25, -0.2) is 4.39 Å². The van der Waals surface area contributed by atoms with Crippen molar-refractivity contribution in [3.05, 3.63) is 62.3 Å². The van der Waals surface area contributed by atoms with Crippen molar-refractivity contribution in [3.63, 3.8) is 0 Å². The number of hydrogen-bond donors (Lipinski definition) is 1. The molecule has 0 saturated heterocycles. The van der Waals surface area contributed by atoms with Gasteiger partial charge in [0.15, 0.2) is 0 Å². The Balaban J connectivity index is 2.11. The Morgan fingerprint density at radius 1 is 1.20 bits per heavy atom. The highest BCUT2D eigenvalue weighted by Crippen LogP contribution is 2.26. The van der Waals surface area contributed by atoms with E-state index in [4.69, 9.17) is 23.2 Å². The molecule has 2 aromatic carbocycles. The molecule has 20 heavy (non-hydrogen) atoms. The van der Waals surface area contributed by atoms with E-state index in [1.165, 1.54) is 12.1 Å². The van der Waals surface area contributed by atoms with Crippen LogP contribution in [0.4, 0.5) is 10.1 Å². The fourth-order valence-electron chi connectivity index (χ4n) is 1.64. The molecule has 0 heterocycles. The van der Waals surface area contributed by atoms with Crippen LogP contribution in [0.15, 0.2) is 40.9 Å². The smallest absolute Gasteiger partial charge is 0.228 e. The Morgan fingerprint density at radius 3 is 2.60 bits per heavy atom. The van der Waals surface area contributed by atoms with Crippen molar-refractivity contribution >= 4 is 50.7 Å². The van der Waals surface area contributed by atoms with Crippen molar-refractivity contribution in [1.82, 2.24) is 0 Å². The number of rotatable bonds is 3. The van der Waals surface area contributed by atoms with E-state index in [0.29, 0.717) is 10.7 Å². The molecule has 0 atom stereocenters. The third kappa shape index (κ3) is 3.72. The number of amides is 1. The lowest BCUT2D eigenvalue weighted by molar-refractivity contribution is -0.115. The monoisotopic (exact) mass is 375 g/mol.